The molecule has 0 saturated carbocycles. The molecule has 0 saturated heterocycles. The number of hydrogen-bond acceptors (Lipinski definition) is 5. The van der Waals surface area contributed by atoms with Crippen LogP contribution in [-0.2, 0) is 16.6 Å². The number of thiazole rings is 1. The van der Waals surface area contributed by atoms with E-state index in [0.29, 0.717) is 15.7 Å². The summed E-state index contributed by atoms with van der Waals surface area (Å²) in [7, 11) is -3.79. The van der Waals surface area contributed by atoms with Crippen molar-refractivity contribution in [2.45, 2.75) is 15.6 Å². The van der Waals surface area contributed by atoms with E-state index < -0.39 is 10.0 Å². The molecule has 0 amide bonds. The van der Waals surface area contributed by atoms with Crippen LogP contribution < -0.4 is 4.80 Å². The zero-order valence-corrected chi connectivity index (χ0v) is 16.6. The van der Waals surface area contributed by atoms with Gasteiger partial charge in [0.25, 0.3) is 10.0 Å². The number of allylic oxidation sites excluding steroid dienone is 1. The molecule has 3 rings (SSSR count). The highest BCUT2D eigenvalue weighted by Gasteiger charge is 2.17. The average Bonchev–Trinajstić information content (AvgIpc) is 3.12. The van der Waals surface area contributed by atoms with Crippen LogP contribution >= 0.6 is 46.0 Å². The fourth-order valence-electron chi connectivity index (χ4n) is 2.14. The van der Waals surface area contributed by atoms with Crippen LogP contribution in [0.5, 0.6) is 0 Å². The Hall–Kier alpha value is -1.06. The van der Waals surface area contributed by atoms with Crippen molar-refractivity contribution in [2.24, 2.45) is 4.40 Å². The van der Waals surface area contributed by atoms with Crippen molar-refractivity contribution < 1.29 is 8.42 Å². The molecule has 1 aromatic carbocycles. The summed E-state index contributed by atoms with van der Waals surface area (Å²) in [5, 5.41) is 0. The van der Waals surface area contributed by atoms with Gasteiger partial charge in [0, 0.05) is 11.4 Å². The molecule has 0 N–H and O–H groups in total. The third kappa shape index (κ3) is 3.48. The molecule has 0 spiro atoms. The van der Waals surface area contributed by atoms with Gasteiger partial charge in [-0.05, 0) is 36.6 Å². The van der Waals surface area contributed by atoms with E-state index in [1.54, 1.807) is 23.9 Å². The van der Waals surface area contributed by atoms with Gasteiger partial charge in [-0.15, -0.1) is 34.1 Å². The molecule has 0 aliphatic rings. The number of nitrogens with zero attached hydrogens (tertiary/aromatic N) is 2. The molecule has 0 radical (unpaired) electrons. The lowest BCUT2D eigenvalue weighted by Crippen LogP contribution is -2.16. The van der Waals surface area contributed by atoms with Crippen LogP contribution in [0.3, 0.4) is 0 Å². The Labute approximate surface area is 157 Å². The van der Waals surface area contributed by atoms with E-state index in [9.17, 15) is 8.42 Å². The average molecular weight is 417 g/mol. The molecule has 0 atom stereocenters. The summed E-state index contributed by atoms with van der Waals surface area (Å²) in [6.45, 7) is 4.23. The lowest BCUT2D eigenvalue weighted by Gasteiger charge is -2.01. The summed E-state index contributed by atoms with van der Waals surface area (Å²) in [6, 6.07) is 9.06. The first-order chi connectivity index (χ1) is 11.4. The van der Waals surface area contributed by atoms with Crippen LogP contribution in [0.1, 0.15) is 0 Å². The van der Waals surface area contributed by atoms with Gasteiger partial charge in [0.05, 0.1) is 14.6 Å². The minimum absolute atomic E-state index is 0.139. The molecule has 9 heteroatoms. The first-order valence-electron chi connectivity index (χ1n) is 6.79. The van der Waals surface area contributed by atoms with Gasteiger partial charge in [-0.2, -0.15) is 8.42 Å². The zero-order valence-electron chi connectivity index (χ0n) is 12.6. The SMILES string of the molecule is C=CCn1/c(=N/S(=O)(=O)c2ccc(Cl)s2)sc2cc(SC)ccc21. The molecule has 0 fully saturated rings. The number of benzene rings is 1. The van der Waals surface area contributed by atoms with Gasteiger partial charge in [0.15, 0.2) is 0 Å². The van der Waals surface area contributed by atoms with Crippen LogP contribution in [0.25, 0.3) is 10.2 Å². The highest BCUT2D eigenvalue weighted by Crippen LogP contribution is 2.28. The van der Waals surface area contributed by atoms with Gasteiger partial charge < -0.3 is 4.57 Å². The number of hydrogen-bond donors (Lipinski definition) is 0. The fourth-order valence-corrected chi connectivity index (χ4v) is 6.40. The lowest BCUT2D eigenvalue weighted by molar-refractivity contribution is 0.598. The van der Waals surface area contributed by atoms with Crippen LogP contribution in [-0.4, -0.2) is 19.2 Å². The van der Waals surface area contributed by atoms with E-state index in [4.69, 9.17) is 11.6 Å². The summed E-state index contributed by atoms with van der Waals surface area (Å²) >= 11 is 9.83. The van der Waals surface area contributed by atoms with Crippen molar-refractivity contribution in [1.29, 1.82) is 0 Å². The molecule has 2 heterocycles. The largest absolute Gasteiger partial charge is 0.312 e. The van der Waals surface area contributed by atoms with Crippen molar-refractivity contribution >= 4 is 66.3 Å². The number of fused-ring (bicyclic) bond motifs is 1. The molecule has 0 aliphatic heterocycles. The number of thiophene rings is 1. The van der Waals surface area contributed by atoms with Crippen LogP contribution in [0.4, 0.5) is 0 Å². The number of sulfonamides is 1. The van der Waals surface area contributed by atoms with Crippen LogP contribution in [0.2, 0.25) is 4.34 Å². The Morgan fingerprint density at radius 1 is 1.33 bits per heavy atom. The van der Waals surface area contributed by atoms with Crippen molar-refractivity contribution in [3.63, 3.8) is 0 Å². The van der Waals surface area contributed by atoms with E-state index in [2.05, 4.69) is 11.0 Å². The van der Waals surface area contributed by atoms with Gasteiger partial charge in [-0.3, -0.25) is 0 Å². The number of thioether (sulfide) groups is 1. The summed E-state index contributed by atoms with van der Waals surface area (Å²) in [5.41, 5.74) is 0.941. The standard InChI is InChI=1S/C15H13ClN2O2S4/c1-3-8-18-11-5-4-10(21-2)9-12(11)22-15(18)17-24(19,20)14-7-6-13(16)23-14/h3-7,9H,1,8H2,2H3/b17-15-. The third-order valence-corrected chi connectivity index (χ3v) is 8.05. The predicted molar refractivity (Wildman–Crippen MR) is 104 cm³/mol. The third-order valence-electron chi connectivity index (χ3n) is 3.20. The highest BCUT2D eigenvalue weighted by atomic mass is 35.5. The summed E-state index contributed by atoms with van der Waals surface area (Å²) in [5.74, 6) is 0. The minimum atomic E-state index is -3.79. The van der Waals surface area contributed by atoms with Crippen molar-refractivity contribution in [3.8, 4) is 0 Å². The summed E-state index contributed by atoms with van der Waals surface area (Å²) < 4.78 is 32.5. The molecule has 0 unspecified atom stereocenters. The first kappa shape index (κ1) is 17.8. The molecule has 24 heavy (non-hydrogen) atoms. The maximum Gasteiger partial charge on any atom is 0.294 e. The van der Waals surface area contributed by atoms with Crippen molar-refractivity contribution in [3.05, 3.63) is 52.1 Å². The Balaban J connectivity index is 2.24. The van der Waals surface area contributed by atoms with E-state index in [1.165, 1.54) is 17.4 Å². The van der Waals surface area contributed by atoms with Gasteiger partial charge >= 0.3 is 0 Å². The topological polar surface area (TPSA) is 51.4 Å². The fraction of sp³-hybridized carbons (Fsp3) is 0.133. The van der Waals surface area contributed by atoms with Crippen LogP contribution in [0, 0.1) is 0 Å². The molecule has 0 aliphatic carbocycles. The molecule has 126 valence electrons. The predicted octanol–water partition coefficient (Wildman–Crippen LogP) is 4.62. The molecule has 0 bridgehead atoms. The molecule has 2 aromatic heterocycles. The van der Waals surface area contributed by atoms with E-state index >= 15 is 0 Å². The molecule has 3 aromatic rings. The van der Waals surface area contributed by atoms with Crippen LogP contribution in [0.15, 0.2) is 56.5 Å². The molecular formula is C15H13ClN2O2S4. The summed E-state index contributed by atoms with van der Waals surface area (Å²) in [6.07, 6.45) is 3.73. The molecule has 4 nitrogen and oxygen atoms in total. The number of aromatic nitrogens is 1. The quantitative estimate of drug-likeness (QED) is 0.450. The number of halogens is 1. The normalized spacial score (nSPS) is 12.8. The highest BCUT2D eigenvalue weighted by molar-refractivity contribution is 7.98. The Morgan fingerprint density at radius 2 is 2.12 bits per heavy atom. The van der Waals surface area contributed by atoms with E-state index in [-0.39, 0.29) is 4.21 Å². The number of rotatable bonds is 5. The van der Waals surface area contributed by atoms with Crippen molar-refractivity contribution in [2.75, 3.05) is 6.26 Å². The minimum Gasteiger partial charge on any atom is -0.312 e. The maximum absolute atomic E-state index is 12.5. The van der Waals surface area contributed by atoms with Gasteiger partial charge in [0.2, 0.25) is 4.80 Å². The Morgan fingerprint density at radius 3 is 2.75 bits per heavy atom. The lowest BCUT2D eigenvalue weighted by atomic mass is 10.3. The van der Waals surface area contributed by atoms with E-state index in [1.807, 2.05) is 29.0 Å². The van der Waals surface area contributed by atoms with Gasteiger partial charge in [-0.25, -0.2) is 0 Å². The van der Waals surface area contributed by atoms with Crippen molar-refractivity contribution in [1.82, 2.24) is 4.57 Å². The summed E-state index contributed by atoms with van der Waals surface area (Å²) in [4.78, 5) is 1.54. The smallest absolute Gasteiger partial charge is 0.294 e. The first-order valence-corrected chi connectivity index (χ1v) is 11.5. The maximum atomic E-state index is 12.5. The Kier molecular flexibility index (Phi) is 5.22. The van der Waals surface area contributed by atoms with E-state index in [0.717, 1.165) is 26.4 Å². The second kappa shape index (κ2) is 7.05. The van der Waals surface area contributed by atoms with Gasteiger partial charge in [-0.1, -0.05) is 29.0 Å². The Bertz CT molecular complexity index is 1080. The second-order valence-corrected chi connectivity index (χ2v) is 10.2. The zero-order chi connectivity index (χ0) is 17.3. The van der Waals surface area contributed by atoms with Gasteiger partial charge in [0.1, 0.15) is 4.21 Å². The molecular weight excluding hydrogens is 404 g/mol. The second-order valence-electron chi connectivity index (χ2n) is 4.74. The monoisotopic (exact) mass is 416 g/mol.